The fourth-order valence-electron chi connectivity index (χ4n) is 1.47. The lowest BCUT2D eigenvalue weighted by molar-refractivity contribution is -0.384. The number of nitrogen functional groups attached to an aromatic ring is 1. The van der Waals surface area contributed by atoms with Crippen molar-refractivity contribution in [2.24, 2.45) is 0 Å². The summed E-state index contributed by atoms with van der Waals surface area (Å²) in [5, 5.41) is 10.7. The highest BCUT2D eigenvalue weighted by Gasteiger charge is 2.10. The summed E-state index contributed by atoms with van der Waals surface area (Å²) < 4.78 is 0. The fourth-order valence-corrected chi connectivity index (χ4v) is 1.47. The van der Waals surface area contributed by atoms with Crippen LogP contribution in [-0.4, -0.2) is 18.5 Å². The summed E-state index contributed by atoms with van der Waals surface area (Å²) >= 11 is 0. The van der Waals surface area contributed by atoms with E-state index in [0.717, 1.165) is 25.1 Å². The maximum atomic E-state index is 10.7. The van der Waals surface area contributed by atoms with Crippen LogP contribution in [0.3, 0.4) is 0 Å². The molecule has 0 amide bonds. The van der Waals surface area contributed by atoms with E-state index in [4.69, 9.17) is 5.73 Å². The monoisotopic (exact) mass is 223 g/mol. The number of benzene rings is 1. The normalized spacial score (nSPS) is 10.1. The van der Waals surface area contributed by atoms with E-state index in [1.165, 1.54) is 6.07 Å². The van der Waals surface area contributed by atoms with Gasteiger partial charge in [0, 0.05) is 37.1 Å². The van der Waals surface area contributed by atoms with E-state index in [1.54, 1.807) is 12.1 Å². The van der Waals surface area contributed by atoms with Gasteiger partial charge in [-0.15, -0.1) is 0 Å². The van der Waals surface area contributed by atoms with Crippen LogP contribution in [0.2, 0.25) is 0 Å². The van der Waals surface area contributed by atoms with E-state index >= 15 is 0 Å². The average molecular weight is 223 g/mol. The van der Waals surface area contributed by atoms with Gasteiger partial charge in [0.05, 0.1) is 4.92 Å². The quantitative estimate of drug-likeness (QED) is 0.472. The first-order chi connectivity index (χ1) is 7.54. The number of nitro benzene ring substituents is 1. The summed E-state index contributed by atoms with van der Waals surface area (Å²) in [5.41, 5.74) is 6.89. The SMILES string of the molecule is CCCCN(C)c1cc(N)cc([N+](=O)[O-])c1. The van der Waals surface area contributed by atoms with Crippen molar-refractivity contribution in [3.8, 4) is 0 Å². The largest absolute Gasteiger partial charge is 0.398 e. The lowest BCUT2D eigenvalue weighted by atomic mass is 10.2. The van der Waals surface area contributed by atoms with Crippen LogP contribution in [0.15, 0.2) is 18.2 Å². The lowest BCUT2D eigenvalue weighted by Gasteiger charge is -2.19. The first-order valence-electron chi connectivity index (χ1n) is 5.30. The maximum absolute atomic E-state index is 10.7. The average Bonchev–Trinajstić information content (AvgIpc) is 2.24. The summed E-state index contributed by atoms with van der Waals surface area (Å²) in [5.74, 6) is 0. The Morgan fingerprint density at radius 2 is 2.12 bits per heavy atom. The first-order valence-corrected chi connectivity index (χ1v) is 5.30. The van der Waals surface area contributed by atoms with Crippen LogP contribution in [0.5, 0.6) is 0 Å². The molecule has 0 saturated heterocycles. The molecule has 0 aromatic heterocycles. The van der Waals surface area contributed by atoms with Crippen molar-refractivity contribution >= 4 is 17.1 Å². The van der Waals surface area contributed by atoms with Gasteiger partial charge in [-0.25, -0.2) is 0 Å². The van der Waals surface area contributed by atoms with E-state index in [9.17, 15) is 10.1 Å². The van der Waals surface area contributed by atoms with E-state index in [2.05, 4.69) is 6.92 Å². The molecule has 0 aliphatic carbocycles. The van der Waals surface area contributed by atoms with Gasteiger partial charge in [0.15, 0.2) is 0 Å². The number of nitrogens with zero attached hydrogens (tertiary/aromatic N) is 2. The summed E-state index contributed by atoms with van der Waals surface area (Å²) in [6.45, 7) is 2.98. The molecule has 0 aliphatic heterocycles. The first kappa shape index (κ1) is 12.3. The second kappa shape index (κ2) is 5.34. The number of nitro groups is 1. The maximum Gasteiger partial charge on any atom is 0.273 e. The highest BCUT2D eigenvalue weighted by molar-refractivity contribution is 5.62. The van der Waals surface area contributed by atoms with Crippen LogP contribution in [0.1, 0.15) is 19.8 Å². The molecule has 1 aromatic rings. The molecule has 1 aromatic carbocycles. The minimum Gasteiger partial charge on any atom is -0.398 e. The van der Waals surface area contributed by atoms with Crippen molar-refractivity contribution < 1.29 is 4.92 Å². The van der Waals surface area contributed by atoms with Crippen molar-refractivity contribution in [2.45, 2.75) is 19.8 Å². The van der Waals surface area contributed by atoms with Gasteiger partial charge in [0.1, 0.15) is 0 Å². The Morgan fingerprint density at radius 1 is 1.44 bits per heavy atom. The second-order valence-corrected chi connectivity index (χ2v) is 3.81. The van der Waals surface area contributed by atoms with Gasteiger partial charge in [-0.2, -0.15) is 0 Å². The number of unbranched alkanes of at least 4 members (excludes halogenated alkanes) is 1. The number of nitrogens with two attached hydrogens (primary N) is 1. The van der Waals surface area contributed by atoms with Crippen molar-refractivity contribution in [1.82, 2.24) is 0 Å². The Kier molecular flexibility index (Phi) is 4.10. The van der Waals surface area contributed by atoms with Gasteiger partial charge < -0.3 is 10.6 Å². The third kappa shape index (κ3) is 3.12. The molecule has 16 heavy (non-hydrogen) atoms. The number of hydrogen-bond donors (Lipinski definition) is 1. The standard InChI is InChI=1S/C11H17N3O2/c1-3-4-5-13(2)10-6-9(12)7-11(8-10)14(15)16/h6-8H,3-5,12H2,1-2H3. The molecule has 2 N–H and O–H groups in total. The molecule has 0 unspecified atom stereocenters. The Bertz CT molecular complexity index is 379. The molecule has 5 nitrogen and oxygen atoms in total. The number of hydrogen-bond acceptors (Lipinski definition) is 4. The molecule has 0 fully saturated rings. The second-order valence-electron chi connectivity index (χ2n) is 3.81. The van der Waals surface area contributed by atoms with Crippen molar-refractivity contribution in [1.29, 1.82) is 0 Å². The topological polar surface area (TPSA) is 72.4 Å². The van der Waals surface area contributed by atoms with E-state index in [0.29, 0.717) is 5.69 Å². The van der Waals surface area contributed by atoms with E-state index < -0.39 is 4.92 Å². The molecular formula is C11H17N3O2. The number of rotatable bonds is 5. The third-order valence-electron chi connectivity index (χ3n) is 2.42. The summed E-state index contributed by atoms with van der Waals surface area (Å²) in [6.07, 6.45) is 2.15. The Balaban J connectivity index is 2.91. The summed E-state index contributed by atoms with van der Waals surface area (Å²) in [4.78, 5) is 12.2. The van der Waals surface area contributed by atoms with Crippen molar-refractivity contribution in [3.63, 3.8) is 0 Å². The lowest BCUT2D eigenvalue weighted by Crippen LogP contribution is -2.18. The highest BCUT2D eigenvalue weighted by atomic mass is 16.6. The zero-order valence-corrected chi connectivity index (χ0v) is 9.64. The Hall–Kier alpha value is -1.78. The van der Waals surface area contributed by atoms with Gasteiger partial charge in [0.25, 0.3) is 5.69 Å². The van der Waals surface area contributed by atoms with Crippen LogP contribution in [-0.2, 0) is 0 Å². The molecule has 0 bridgehead atoms. The molecule has 1 rings (SSSR count). The van der Waals surface area contributed by atoms with Crippen LogP contribution in [0, 0.1) is 10.1 Å². The zero-order valence-electron chi connectivity index (χ0n) is 9.64. The minimum absolute atomic E-state index is 0.0401. The van der Waals surface area contributed by atoms with E-state index in [1.807, 2.05) is 11.9 Å². The van der Waals surface area contributed by atoms with Gasteiger partial charge in [0.2, 0.25) is 0 Å². The van der Waals surface area contributed by atoms with Gasteiger partial charge in [-0.05, 0) is 12.5 Å². The summed E-state index contributed by atoms with van der Waals surface area (Å²) in [7, 11) is 1.91. The fraction of sp³-hybridized carbons (Fsp3) is 0.455. The minimum atomic E-state index is -0.423. The highest BCUT2D eigenvalue weighted by Crippen LogP contribution is 2.24. The Morgan fingerprint density at radius 3 is 2.69 bits per heavy atom. The molecule has 0 heterocycles. The van der Waals surface area contributed by atoms with Crippen LogP contribution >= 0.6 is 0 Å². The summed E-state index contributed by atoms with van der Waals surface area (Å²) in [6, 6.07) is 4.67. The van der Waals surface area contributed by atoms with Gasteiger partial charge in [-0.1, -0.05) is 13.3 Å². The number of anilines is 2. The predicted molar refractivity (Wildman–Crippen MR) is 65.7 cm³/mol. The third-order valence-corrected chi connectivity index (χ3v) is 2.42. The predicted octanol–water partition coefficient (Wildman–Crippen LogP) is 2.41. The molecule has 0 aliphatic rings. The molecule has 0 spiro atoms. The van der Waals surface area contributed by atoms with Gasteiger partial charge in [-0.3, -0.25) is 10.1 Å². The molecule has 5 heteroatoms. The van der Waals surface area contributed by atoms with E-state index in [-0.39, 0.29) is 5.69 Å². The molecule has 0 radical (unpaired) electrons. The zero-order chi connectivity index (χ0) is 12.1. The Labute approximate surface area is 95.0 Å². The molecule has 0 saturated carbocycles. The van der Waals surface area contributed by atoms with Crippen LogP contribution in [0.25, 0.3) is 0 Å². The van der Waals surface area contributed by atoms with Crippen molar-refractivity contribution in [3.05, 3.63) is 28.3 Å². The molecule has 0 atom stereocenters. The molecular weight excluding hydrogens is 206 g/mol. The van der Waals surface area contributed by atoms with Crippen LogP contribution in [0.4, 0.5) is 17.1 Å². The molecule has 88 valence electrons. The smallest absolute Gasteiger partial charge is 0.273 e. The van der Waals surface area contributed by atoms with Crippen LogP contribution < -0.4 is 10.6 Å². The van der Waals surface area contributed by atoms with Crippen molar-refractivity contribution in [2.75, 3.05) is 24.2 Å². The number of non-ortho nitro benzene ring substituents is 1. The van der Waals surface area contributed by atoms with Gasteiger partial charge >= 0.3 is 0 Å².